The van der Waals surface area contributed by atoms with Crippen LogP contribution in [0.5, 0.6) is 0 Å². The normalized spacial score (nSPS) is 26.3. The van der Waals surface area contributed by atoms with Gasteiger partial charge in [-0.15, -0.1) is 0 Å². The van der Waals surface area contributed by atoms with Crippen molar-refractivity contribution in [3.63, 3.8) is 0 Å². The summed E-state index contributed by atoms with van der Waals surface area (Å²) >= 11 is 0. The molecule has 1 heterocycles. The van der Waals surface area contributed by atoms with E-state index in [-0.39, 0.29) is 25.3 Å². The molecule has 2 atom stereocenters. The fraction of sp³-hybridized carbons (Fsp3) is 0.700. The van der Waals surface area contributed by atoms with Gasteiger partial charge < -0.3 is 14.7 Å². The Balaban J connectivity index is 2.50. The van der Waals surface area contributed by atoms with Crippen LogP contribution in [0.15, 0.2) is 12.7 Å². The minimum atomic E-state index is -0.353. The van der Waals surface area contributed by atoms with Crippen LogP contribution >= 0.6 is 0 Å². The van der Waals surface area contributed by atoms with E-state index in [2.05, 4.69) is 6.58 Å². The molecular formula is C10H17NO3. The van der Waals surface area contributed by atoms with Gasteiger partial charge in [0.25, 0.3) is 0 Å². The zero-order valence-corrected chi connectivity index (χ0v) is 8.48. The third-order valence-corrected chi connectivity index (χ3v) is 2.63. The van der Waals surface area contributed by atoms with Crippen molar-refractivity contribution >= 4 is 6.09 Å². The first-order valence-electron chi connectivity index (χ1n) is 4.85. The van der Waals surface area contributed by atoms with Crippen molar-refractivity contribution in [1.82, 2.24) is 4.90 Å². The molecule has 1 fully saturated rings. The van der Waals surface area contributed by atoms with Crippen molar-refractivity contribution in [2.45, 2.75) is 19.4 Å². The maximum Gasteiger partial charge on any atom is 0.410 e. The maximum absolute atomic E-state index is 11.5. The summed E-state index contributed by atoms with van der Waals surface area (Å²) in [6, 6.07) is -0.0904. The van der Waals surface area contributed by atoms with E-state index in [0.717, 1.165) is 6.42 Å². The molecule has 14 heavy (non-hydrogen) atoms. The summed E-state index contributed by atoms with van der Waals surface area (Å²) in [5.74, 6) is 0.344. The van der Waals surface area contributed by atoms with Crippen molar-refractivity contribution in [2.75, 3.05) is 19.8 Å². The lowest BCUT2D eigenvalue weighted by atomic mass is 10.0. The first kappa shape index (κ1) is 11.0. The van der Waals surface area contributed by atoms with Gasteiger partial charge in [0.1, 0.15) is 6.61 Å². The van der Waals surface area contributed by atoms with Crippen LogP contribution in [0.2, 0.25) is 0 Å². The number of likely N-dealkylation sites (tertiary alicyclic amines) is 1. The molecule has 0 spiro atoms. The monoisotopic (exact) mass is 199 g/mol. The smallest absolute Gasteiger partial charge is 0.410 e. The van der Waals surface area contributed by atoms with Crippen molar-refractivity contribution in [2.24, 2.45) is 5.92 Å². The van der Waals surface area contributed by atoms with E-state index in [1.165, 1.54) is 6.08 Å². The SMILES string of the molecule is C=CCOC(=O)N1CCC(C)C1CO. The van der Waals surface area contributed by atoms with Crippen molar-refractivity contribution in [3.8, 4) is 0 Å². The number of amides is 1. The Morgan fingerprint density at radius 2 is 2.50 bits per heavy atom. The van der Waals surface area contributed by atoms with Gasteiger partial charge in [-0.3, -0.25) is 0 Å². The van der Waals surface area contributed by atoms with Gasteiger partial charge in [-0.1, -0.05) is 19.6 Å². The van der Waals surface area contributed by atoms with Gasteiger partial charge in [0.15, 0.2) is 0 Å². The van der Waals surface area contributed by atoms with Gasteiger partial charge in [-0.05, 0) is 12.3 Å². The molecule has 4 heteroatoms. The van der Waals surface area contributed by atoms with E-state index in [9.17, 15) is 4.79 Å². The van der Waals surface area contributed by atoms with E-state index >= 15 is 0 Å². The zero-order valence-electron chi connectivity index (χ0n) is 8.48. The maximum atomic E-state index is 11.5. The van der Waals surface area contributed by atoms with Crippen molar-refractivity contribution < 1.29 is 14.6 Å². The van der Waals surface area contributed by atoms with E-state index in [4.69, 9.17) is 9.84 Å². The second-order valence-corrected chi connectivity index (χ2v) is 3.57. The van der Waals surface area contributed by atoms with Crippen LogP contribution in [0.4, 0.5) is 4.79 Å². The average molecular weight is 199 g/mol. The van der Waals surface area contributed by atoms with Crippen molar-refractivity contribution in [3.05, 3.63) is 12.7 Å². The van der Waals surface area contributed by atoms with Gasteiger partial charge in [0.05, 0.1) is 12.6 Å². The highest BCUT2D eigenvalue weighted by atomic mass is 16.6. The number of aliphatic hydroxyl groups is 1. The summed E-state index contributed by atoms with van der Waals surface area (Å²) in [6.45, 7) is 6.40. The largest absolute Gasteiger partial charge is 0.445 e. The Morgan fingerprint density at radius 3 is 3.07 bits per heavy atom. The molecule has 2 unspecified atom stereocenters. The Hall–Kier alpha value is -1.03. The molecule has 1 saturated heterocycles. The van der Waals surface area contributed by atoms with Crippen LogP contribution in [-0.2, 0) is 4.74 Å². The highest BCUT2D eigenvalue weighted by Gasteiger charge is 2.34. The quantitative estimate of drug-likeness (QED) is 0.690. The third kappa shape index (κ3) is 2.26. The van der Waals surface area contributed by atoms with Gasteiger partial charge in [0, 0.05) is 6.54 Å². The van der Waals surface area contributed by atoms with Crippen LogP contribution < -0.4 is 0 Å². The van der Waals surface area contributed by atoms with Crippen molar-refractivity contribution in [1.29, 1.82) is 0 Å². The molecule has 0 saturated carbocycles. The predicted octanol–water partition coefficient (Wildman–Crippen LogP) is 1.01. The lowest BCUT2D eigenvalue weighted by Crippen LogP contribution is -2.40. The molecule has 1 amide bonds. The average Bonchev–Trinajstić information content (AvgIpc) is 2.55. The fourth-order valence-electron chi connectivity index (χ4n) is 1.73. The van der Waals surface area contributed by atoms with Gasteiger partial charge in [-0.25, -0.2) is 4.79 Å². The summed E-state index contributed by atoms with van der Waals surface area (Å²) in [5, 5.41) is 9.11. The standard InChI is InChI=1S/C10H17NO3/c1-3-6-14-10(13)11-5-4-8(2)9(11)7-12/h3,8-9,12H,1,4-7H2,2H3. The minimum absolute atomic E-state index is 0.00432. The molecule has 1 rings (SSSR count). The lowest BCUT2D eigenvalue weighted by molar-refractivity contribution is 0.0859. The molecule has 0 aromatic heterocycles. The first-order valence-corrected chi connectivity index (χ1v) is 4.85. The van der Waals surface area contributed by atoms with Crippen LogP contribution in [0, 0.1) is 5.92 Å². The molecule has 0 radical (unpaired) electrons. The second kappa shape index (κ2) is 5.00. The minimum Gasteiger partial charge on any atom is -0.445 e. The number of aliphatic hydroxyl groups excluding tert-OH is 1. The number of ether oxygens (including phenoxy) is 1. The first-order chi connectivity index (χ1) is 6.70. The summed E-state index contributed by atoms with van der Waals surface area (Å²) < 4.78 is 4.91. The lowest BCUT2D eigenvalue weighted by Gasteiger charge is -2.24. The summed E-state index contributed by atoms with van der Waals surface area (Å²) in [6.07, 6.45) is 2.10. The number of hydrogen-bond donors (Lipinski definition) is 1. The highest BCUT2D eigenvalue weighted by Crippen LogP contribution is 2.23. The van der Waals surface area contributed by atoms with Crippen LogP contribution in [0.1, 0.15) is 13.3 Å². The summed E-state index contributed by atoms with van der Waals surface area (Å²) in [4.78, 5) is 13.1. The molecule has 0 aromatic rings. The second-order valence-electron chi connectivity index (χ2n) is 3.57. The van der Waals surface area contributed by atoms with Gasteiger partial charge in [0.2, 0.25) is 0 Å². The molecule has 1 N–H and O–H groups in total. The molecule has 4 nitrogen and oxygen atoms in total. The third-order valence-electron chi connectivity index (χ3n) is 2.63. The number of hydrogen-bond acceptors (Lipinski definition) is 3. The predicted molar refractivity (Wildman–Crippen MR) is 52.9 cm³/mol. The molecule has 80 valence electrons. The van der Waals surface area contributed by atoms with Crippen LogP contribution in [0.25, 0.3) is 0 Å². The van der Waals surface area contributed by atoms with E-state index < -0.39 is 0 Å². The Labute approximate surface area is 84.2 Å². The number of carbonyl (C=O) groups excluding carboxylic acids is 1. The van der Waals surface area contributed by atoms with E-state index in [0.29, 0.717) is 12.5 Å². The topological polar surface area (TPSA) is 49.8 Å². The Bertz CT molecular complexity index is 217. The molecular weight excluding hydrogens is 182 g/mol. The van der Waals surface area contributed by atoms with E-state index in [1.54, 1.807) is 4.90 Å². The molecule has 0 aromatic carbocycles. The van der Waals surface area contributed by atoms with Crippen LogP contribution in [0.3, 0.4) is 0 Å². The zero-order chi connectivity index (χ0) is 10.6. The van der Waals surface area contributed by atoms with E-state index in [1.807, 2.05) is 6.92 Å². The Morgan fingerprint density at radius 1 is 1.79 bits per heavy atom. The highest BCUT2D eigenvalue weighted by molar-refractivity contribution is 5.68. The summed E-state index contributed by atoms with van der Waals surface area (Å²) in [7, 11) is 0. The molecule has 1 aliphatic rings. The van der Waals surface area contributed by atoms with Crippen LogP contribution in [-0.4, -0.2) is 41.9 Å². The number of nitrogens with zero attached hydrogens (tertiary/aromatic N) is 1. The summed E-state index contributed by atoms with van der Waals surface area (Å²) in [5.41, 5.74) is 0. The molecule has 0 bridgehead atoms. The Kier molecular flexibility index (Phi) is 3.95. The molecule has 1 aliphatic heterocycles. The molecule has 0 aliphatic carbocycles. The van der Waals surface area contributed by atoms with Gasteiger partial charge in [-0.2, -0.15) is 0 Å². The number of rotatable bonds is 3. The fourth-order valence-corrected chi connectivity index (χ4v) is 1.73. The number of carbonyl (C=O) groups is 1. The van der Waals surface area contributed by atoms with Gasteiger partial charge >= 0.3 is 6.09 Å².